The molecule has 20 heavy (non-hydrogen) atoms. The number of aromatic nitrogens is 2. The third-order valence-corrected chi connectivity index (χ3v) is 3.38. The molecule has 0 saturated carbocycles. The largest absolute Gasteiger partial charge is 0.378 e. The Morgan fingerprint density at radius 2 is 2.05 bits per heavy atom. The highest BCUT2D eigenvalue weighted by Gasteiger charge is 2.14. The Balaban J connectivity index is 2.06. The van der Waals surface area contributed by atoms with Crippen molar-refractivity contribution in [3.05, 3.63) is 30.1 Å². The molecule has 0 radical (unpaired) electrons. The Bertz CT molecular complexity index is 551. The van der Waals surface area contributed by atoms with E-state index >= 15 is 0 Å². The lowest BCUT2D eigenvalue weighted by molar-refractivity contribution is 0.111. The second kappa shape index (κ2) is 7.07. The molecule has 0 amide bonds. The van der Waals surface area contributed by atoms with Crippen LogP contribution in [0.3, 0.4) is 0 Å². The highest BCUT2D eigenvalue weighted by Crippen LogP contribution is 2.24. The number of hydrogen-bond donors (Lipinski definition) is 0. The molecule has 110 valence electrons. The molecule has 1 atom stereocenters. The number of rotatable bonds is 7. The number of fused-ring (bicyclic) bond motifs is 1. The van der Waals surface area contributed by atoms with Gasteiger partial charge in [0.15, 0.2) is 0 Å². The van der Waals surface area contributed by atoms with Gasteiger partial charge in [-0.3, -0.25) is 0 Å². The molecular formula is C15H22ClN3O. The molecule has 0 saturated heterocycles. The molecule has 2 aromatic rings. The summed E-state index contributed by atoms with van der Waals surface area (Å²) in [6, 6.07) is 8.11. The fourth-order valence-corrected chi connectivity index (χ4v) is 2.30. The first-order valence-electron chi connectivity index (χ1n) is 6.91. The molecule has 1 unspecified atom stereocenters. The van der Waals surface area contributed by atoms with Crippen molar-refractivity contribution >= 4 is 22.6 Å². The van der Waals surface area contributed by atoms with Crippen LogP contribution in [-0.2, 0) is 11.3 Å². The van der Waals surface area contributed by atoms with Crippen molar-refractivity contribution in [2.75, 3.05) is 33.9 Å². The minimum Gasteiger partial charge on any atom is -0.378 e. The summed E-state index contributed by atoms with van der Waals surface area (Å²) in [4.78, 5) is 6.72. The zero-order valence-corrected chi connectivity index (χ0v) is 13.1. The Morgan fingerprint density at radius 1 is 1.30 bits per heavy atom. The van der Waals surface area contributed by atoms with E-state index in [1.54, 1.807) is 0 Å². The third-order valence-electron chi connectivity index (χ3n) is 3.18. The van der Waals surface area contributed by atoms with Crippen molar-refractivity contribution in [2.24, 2.45) is 0 Å². The smallest absolute Gasteiger partial charge is 0.127 e. The maximum Gasteiger partial charge on any atom is 0.127 e. The molecule has 1 aromatic carbocycles. The topological polar surface area (TPSA) is 30.3 Å². The van der Waals surface area contributed by atoms with Gasteiger partial charge in [-0.2, -0.15) is 0 Å². The molecule has 5 heteroatoms. The Labute approximate surface area is 125 Å². The minimum atomic E-state index is -0.107. The first-order chi connectivity index (χ1) is 9.59. The monoisotopic (exact) mass is 295 g/mol. The number of benzene rings is 1. The highest BCUT2D eigenvalue weighted by molar-refractivity contribution is 6.20. The van der Waals surface area contributed by atoms with Crippen molar-refractivity contribution in [1.82, 2.24) is 14.5 Å². The summed E-state index contributed by atoms with van der Waals surface area (Å²) in [5, 5.41) is -0.107. The van der Waals surface area contributed by atoms with Gasteiger partial charge in [-0.1, -0.05) is 12.1 Å². The normalized spacial score (nSPS) is 13.2. The molecule has 0 spiro atoms. The maximum absolute atomic E-state index is 6.23. The lowest BCUT2D eigenvalue weighted by Gasteiger charge is -2.12. The van der Waals surface area contributed by atoms with E-state index in [9.17, 15) is 0 Å². The average molecular weight is 296 g/mol. The summed E-state index contributed by atoms with van der Waals surface area (Å²) in [7, 11) is 4.08. The fourth-order valence-electron chi connectivity index (χ4n) is 2.14. The predicted octanol–water partition coefficient (Wildman–Crippen LogP) is 2.91. The van der Waals surface area contributed by atoms with Crippen LogP contribution >= 0.6 is 11.6 Å². The van der Waals surface area contributed by atoms with E-state index in [1.165, 1.54) is 0 Å². The molecular weight excluding hydrogens is 274 g/mol. The van der Waals surface area contributed by atoms with E-state index in [-0.39, 0.29) is 5.38 Å². The highest BCUT2D eigenvalue weighted by atomic mass is 35.5. The number of nitrogens with zero attached hydrogens (tertiary/aromatic N) is 3. The van der Waals surface area contributed by atoms with Gasteiger partial charge in [-0.25, -0.2) is 4.98 Å². The van der Waals surface area contributed by atoms with Crippen LogP contribution in [-0.4, -0.2) is 48.3 Å². The van der Waals surface area contributed by atoms with E-state index in [0.29, 0.717) is 6.61 Å². The van der Waals surface area contributed by atoms with Gasteiger partial charge in [0.25, 0.3) is 0 Å². The second-order valence-corrected chi connectivity index (χ2v) is 5.80. The molecule has 0 bridgehead atoms. The van der Waals surface area contributed by atoms with Crippen LogP contribution in [0, 0.1) is 0 Å². The van der Waals surface area contributed by atoms with E-state index in [4.69, 9.17) is 16.3 Å². The van der Waals surface area contributed by atoms with Crippen LogP contribution in [0.4, 0.5) is 0 Å². The summed E-state index contributed by atoms with van der Waals surface area (Å²) < 4.78 is 7.82. The number of likely N-dealkylation sites (N-methyl/N-ethyl adjacent to an activating group) is 1. The molecule has 0 aliphatic carbocycles. The molecule has 2 rings (SSSR count). The molecule has 1 heterocycles. The van der Waals surface area contributed by atoms with Gasteiger partial charge < -0.3 is 14.2 Å². The van der Waals surface area contributed by atoms with Gasteiger partial charge in [0, 0.05) is 13.1 Å². The number of alkyl halides is 1. The van der Waals surface area contributed by atoms with Gasteiger partial charge in [0.05, 0.1) is 29.6 Å². The van der Waals surface area contributed by atoms with Crippen molar-refractivity contribution in [1.29, 1.82) is 0 Å². The van der Waals surface area contributed by atoms with Gasteiger partial charge in [0.2, 0.25) is 0 Å². The molecule has 0 fully saturated rings. The summed E-state index contributed by atoms with van der Waals surface area (Å²) in [5.41, 5.74) is 2.11. The standard InChI is InChI=1S/C15H22ClN3O/c1-12(16)15-17-13-6-4-5-7-14(13)19(15)9-11-20-10-8-18(2)3/h4-7,12H,8-11H2,1-3H3. The van der Waals surface area contributed by atoms with Crippen molar-refractivity contribution < 1.29 is 4.74 Å². The van der Waals surface area contributed by atoms with E-state index < -0.39 is 0 Å². The van der Waals surface area contributed by atoms with E-state index in [1.807, 2.05) is 39.2 Å². The number of para-hydroxylation sites is 2. The fraction of sp³-hybridized carbons (Fsp3) is 0.533. The lowest BCUT2D eigenvalue weighted by atomic mass is 10.3. The summed E-state index contributed by atoms with van der Waals surface area (Å²) in [6.07, 6.45) is 0. The lowest BCUT2D eigenvalue weighted by Crippen LogP contribution is -2.19. The van der Waals surface area contributed by atoms with Crippen LogP contribution in [0.5, 0.6) is 0 Å². The summed E-state index contributed by atoms with van der Waals surface area (Å²) in [5.74, 6) is 0.907. The molecule has 4 nitrogen and oxygen atoms in total. The van der Waals surface area contributed by atoms with E-state index in [0.717, 1.165) is 36.6 Å². The number of ether oxygens (including phenoxy) is 1. The second-order valence-electron chi connectivity index (χ2n) is 5.14. The van der Waals surface area contributed by atoms with Crippen molar-refractivity contribution in [2.45, 2.75) is 18.8 Å². The van der Waals surface area contributed by atoms with Gasteiger partial charge in [-0.15, -0.1) is 11.6 Å². The first-order valence-corrected chi connectivity index (χ1v) is 7.35. The van der Waals surface area contributed by atoms with Crippen LogP contribution < -0.4 is 0 Å². The maximum atomic E-state index is 6.23. The minimum absolute atomic E-state index is 0.107. The molecule has 0 aliphatic rings. The van der Waals surface area contributed by atoms with Gasteiger partial charge in [0.1, 0.15) is 5.82 Å². The van der Waals surface area contributed by atoms with Crippen molar-refractivity contribution in [3.63, 3.8) is 0 Å². The third kappa shape index (κ3) is 3.72. The van der Waals surface area contributed by atoms with Crippen LogP contribution in [0.15, 0.2) is 24.3 Å². The summed E-state index contributed by atoms with van der Waals surface area (Å²) >= 11 is 6.23. The molecule has 1 aromatic heterocycles. The van der Waals surface area contributed by atoms with Crippen LogP contribution in [0.1, 0.15) is 18.1 Å². The number of hydrogen-bond acceptors (Lipinski definition) is 3. The molecule has 0 N–H and O–H groups in total. The van der Waals surface area contributed by atoms with Crippen LogP contribution in [0.25, 0.3) is 11.0 Å². The van der Waals surface area contributed by atoms with Crippen LogP contribution in [0.2, 0.25) is 0 Å². The average Bonchev–Trinajstić information content (AvgIpc) is 2.77. The zero-order valence-electron chi connectivity index (χ0n) is 12.3. The zero-order chi connectivity index (χ0) is 14.5. The number of imidazole rings is 1. The first kappa shape index (κ1) is 15.3. The summed E-state index contributed by atoms with van der Waals surface area (Å²) in [6.45, 7) is 5.08. The Kier molecular flexibility index (Phi) is 5.40. The predicted molar refractivity (Wildman–Crippen MR) is 83.4 cm³/mol. The Morgan fingerprint density at radius 3 is 2.75 bits per heavy atom. The quantitative estimate of drug-likeness (QED) is 0.581. The van der Waals surface area contributed by atoms with Gasteiger partial charge >= 0.3 is 0 Å². The molecule has 0 aliphatic heterocycles. The van der Waals surface area contributed by atoms with Crippen molar-refractivity contribution in [3.8, 4) is 0 Å². The van der Waals surface area contributed by atoms with Gasteiger partial charge in [-0.05, 0) is 33.2 Å². The SMILES string of the molecule is CC(Cl)c1nc2ccccc2n1CCOCCN(C)C. The Hall–Kier alpha value is -1.10. The van der Waals surface area contributed by atoms with E-state index in [2.05, 4.69) is 20.5 Å². The number of halogens is 1.